The molecule has 2 N–H and O–H groups in total. The number of fused-ring (bicyclic) bond motifs is 1. The number of nitrogens with one attached hydrogen (secondary N) is 2. The Bertz CT molecular complexity index is 871. The van der Waals surface area contributed by atoms with Crippen LogP contribution in [0.4, 0.5) is 0 Å². The molecule has 25 heavy (non-hydrogen) atoms. The number of rotatable bonds is 4. The molecule has 1 aliphatic heterocycles. The van der Waals surface area contributed by atoms with Gasteiger partial charge in [0.25, 0.3) is 5.56 Å². The van der Waals surface area contributed by atoms with Crippen LogP contribution in [-0.4, -0.2) is 42.3 Å². The van der Waals surface area contributed by atoms with E-state index in [9.17, 15) is 14.4 Å². The van der Waals surface area contributed by atoms with Gasteiger partial charge in [-0.1, -0.05) is 0 Å². The third-order valence-electron chi connectivity index (χ3n) is 4.35. The van der Waals surface area contributed by atoms with Gasteiger partial charge >= 0.3 is 0 Å². The molecule has 0 aliphatic carbocycles. The first kappa shape index (κ1) is 16.9. The highest BCUT2D eigenvalue weighted by molar-refractivity contribution is 5.87. The van der Waals surface area contributed by atoms with E-state index in [-0.39, 0.29) is 30.5 Å². The molecular formula is C16H20N6O3. The molecule has 2 aromatic heterocycles. The highest BCUT2D eigenvalue weighted by atomic mass is 16.2. The second-order valence-corrected chi connectivity index (χ2v) is 6.18. The Balaban J connectivity index is 1.82. The van der Waals surface area contributed by atoms with E-state index in [1.165, 1.54) is 17.8 Å². The predicted molar refractivity (Wildman–Crippen MR) is 88.4 cm³/mol. The van der Waals surface area contributed by atoms with Gasteiger partial charge in [-0.3, -0.25) is 19.0 Å². The molecule has 0 bridgehead atoms. The molecule has 0 unspecified atom stereocenters. The summed E-state index contributed by atoms with van der Waals surface area (Å²) in [5.74, 6) is 0.0656. The molecule has 3 heterocycles. The number of carbonyl (C=O) groups excluding carboxylic acids is 2. The highest BCUT2D eigenvalue weighted by Gasteiger charge is 2.32. The number of hydrogen-bond donors (Lipinski definition) is 2. The summed E-state index contributed by atoms with van der Waals surface area (Å²) in [6.07, 6.45) is 3.43. The lowest BCUT2D eigenvalue weighted by atomic mass is 10.1. The van der Waals surface area contributed by atoms with Crippen molar-refractivity contribution in [3.05, 3.63) is 45.7 Å². The van der Waals surface area contributed by atoms with Gasteiger partial charge in [-0.2, -0.15) is 0 Å². The van der Waals surface area contributed by atoms with E-state index >= 15 is 0 Å². The number of aromatic amines is 1. The molecule has 132 valence electrons. The molecule has 2 aromatic rings. The summed E-state index contributed by atoms with van der Waals surface area (Å²) < 4.78 is 1.47. The van der Waals surface area contributed by atoms with Crippen molar-refractivity contribution >= 4 is 11.8 Å². The van der Waals surface area contributed by atoms with E-state index in [0.29, 0.717) is 23.5 Å². The number of H-pyrrole nitrogens is 1. The van der Waals surface area contributed by atoms with Crippen molar-refractivity contribution < 1.29 is 9.59 Å². The number of aryl methyl sites for hydroxylation is 1. The van der Waals surface area contributed by atoms with Gasteiger partial charge in [0.15, 0.2) is 0 Å². The van der Waals surface area contributed by atoms with Gasteiger partial charge in [-0.15, -0.1) is 0 Å². The zero-order valence-corrected chi connectivity index (χ0v) is 14.4. The van der Waals surface area contributed by atoms with Crippen LogP contribution < -0.4 is 10.9 Å². The fraction of sp³-hybridized carbons (Fsp3) is 0.438. The Kier molecular flexibility index (Phi) is 4.39. The smallest absolute Gasteiger partial charge is 0.258 e. The molecule has 9 nitrogen and oxygen atoms in total. The molecule has 0 aromatic carbocycles. The maximum absolute atomic E-state index is 12.9. The summed E-state index contributed by atoms with van der Waals surface area (Å²) in [7, 11) is 1.66. The Morgan fingerprint density at radius 2 is 2.16 bits per heavy atom. The Morgan fingerprint density at radius 3 is 2.80 bits per heavy atom. The van der Waals surface area contributed by atoms with Gasteiger partial charge in [0, 0.05) is 32.3 Å². The second-order valence-electron chi connectivity index (χ2n) is 6.18. The van der Waals surface area contributed by atoms with E-state index in [1.54, 1.807) is 25.1 Å². The van der Waals surface area contributed by atoms with Gasteiger partial charge in [-0.05, 0) is 6.92 Å². The second kappa shape index (κ2) is 6.50. The van der Waals surface area contributed by atoms with Gasteiger partial charge in [0.05, 0.1) is 30.7 Å². The lowest BCUT2D eigenvalue weighted by Gasteiger charge is -2.23. The first-order chi connectivity index (χ1) is 11.9. The fourth-order valence-electron chi connectivity index (χ4n) is 2.97. The standard InChI is InChI=1S/C16H20N6O3/c1-9-19-14-7-22(6-12(14)15(24)21(9)3)16(25)13(20-10(2)23)4-11-5-17-8-18-11/h5,8,13H,4,6-7H2,1-3H3,(H,17,18)(H,20,23)/t13-/m0/s1. The Hall–Kier alpha value is -2.97. The Labute approximate surface area is 144 Å². The molecule has 0 fully saturated rings. The molecule has 2 amide bonds. The Morgan fingerprint density at radius 1 is 1.40 bits per heavy atom. The van der Waals surface area contributed by atoms with Crippen molar-refractivity contribution in [2.75, 3.05) is 0 Å². The summed E-state index contributed by atoms with van der Waals surface area (Å²) in [6.45, 7) is 3.59. The number of imidazole rings is 1. The van der Waals surface area contributed by atoms with Gasteiger partial charge < -0.3 is 15.2 Å². The van der Waals surface area contributed by atoms with Crippen LogP contribution in [0, 0.1) is 6.92 Å². The highest BCUT2D eigenvalue weighted by Crippen LogP contribution is 2.19. The van der Waals surface area contributed by atoms with E-state index in [2.05, 4.69) is 20.3 Å². The van der Waals surface area contributed by atoms with E-state index in [0.717, 1.165) is 5.69 Å². The van der Waals surface area contributed by atoms with Crippen LogP contribution in [-0.2, 0) is 36.1 Å². The summed E-state index contributed by atoms with van der Waals surface area (Å²) >= 11 is 0. The number of amides is 2. The quantitative estimate of drug-likeness (QED) is 0.769. The van der Waals surface area contributed by atoms with Gasteiger partial charge in [-0.25, -0.2) is 9.97 Å². The molecule has 3 rings (SSSR count). The minimum Gasteiger partial charge on any atom is -0.348 e. The number of aromatic nitrogens is 4. The first-order valence-corrected chi connectivity index (χ1v) is 7.95. The number of nitrogens with zero attached hydrogens (tertiary/aromatic N) is 4. The van der Waals surface area contributed by atoms with Crippen molar-refractivity contribution in [2.45, 2.75) is 39.4 Å². The van der Waals surface area contributed by atoms with Gasteiger partial charge in [0.2, 0.25) is 11.8 Å². The van der Waals surface area contributed by atoms with Crippen molar-refractivity contribution in [1.29, 1.82) is 0 Å². The van der Waals surface area contributed by atoms with Crippen molar-refractivity contribution in [1.82, 2.24) is 29.7 Å². The van der Waals surface area contributed by atoms with Crippen LogP contribution >= 0.6 is 0 Å². The molecular weight excluding hydrogens is 324 g/mol. The topological polar surface area (TPSA) is 113 Å². The lowest BCUT2D eigenvalue weighted by molar-refractivity contribution is -0.136. The SMILES string of the molecule is CC(=O)N[C@@H](Cc1cnc[nH]1)C(=O)N1Cc2nc(C)n(C)c(=O)c2C1. The minimum absolute atomic E-state index is 0.137. The third kappa shape index (κ3) is 3.30. The van der Waals surface area contributed by atoms with Crippen molar-refractivity contribution in [2.24, 2.45) is 7.05 Å². The van der Waals surface area contributed by atoms with Gasteiger partial charge in [0.1, 0.15) is 11.9 Å². The minimum atomic E-state index is -0.725. The first-order valence-electron chi connectivity index (χ1n) is 7.95. The average molecular weight is 344 g/mol. The third-order valence-corrected chi connectivity index (χ3v) is 4.35. The van der Waals surface area contributed by atoms with Crippen LogP contribution in [0.3, 0.4) is 0 Å². The summed E-state index contributed by atoms with van der Waals surface area (Å²) in [5, 5.41) is 2.68. The monoisotopic (exact) mass is 344 g/mol. The molecule has 0 saturated carbocycles. The fourth-order valence-corrected chi connectivity index (χ4v) is 2.97. The summed E-state index contributed by atoms with van der Waals surface area (Å²) in [4.78, 5) is 49.6. The molecule has 9 heteroatoms. The van der Waals surface area contributed by atoms with Crippen molar-refractivity contribution in [3.8, 4) is 0 Å². The van der Waals surface area contributed by atoms with E-state index < -0.39 is 6.04 Å². The summed E-state index contributed by atoms with van der Waals surface area (Å²) in [5.41, 5.74) is 1.76. The zero-order chi connectivity index (χ0) is 18.1. The van der Waals surface area contributed by atoms with Crippen LogP contribution in [0.15, 0.2) is 17.3 Å². The van der Waals surface area contributed by atoms with Crippen LogP contribution in [0.25, 0.3) is 0 Å². The van der Waals surface area contributed by atoms with E-state index in [4.69, 9.17) is 0 Å². The molecule has 0 spiro atoms. The maximum atomic E-state index is 12.9. The molecule has 1 atom stereocenters. The van der Waals surface area contributed by atoms with Crippen LogP contribution in [0.5, 0.6) is 0 Å². The molecule has 1 aliphatic rings. The van der Waals surface area contributed by atoms with Crippen LogP contribution in [0.2, 0.25) is 0 Å². The zero-order valence-electron chi connectivity index (χ0n) is 14.4. The predicted octanol–water partition coefficient (Wildman–Crippen LogP) is -0.599. The lowest BCUT2D eigenvalue weighted by Crippen LogP contribution is -2.47. The van der Waals surface area contributed by atoms with E-state index in [1.807, 2.05) is 0 Å². The van der Waals surface area contributed by atoms with Crippen LogP contribution in [0.1, 0.15) is 29.7 Å². The average Bonchev–Trinajstić information content (AvgIpc) is 3.20. The maximum Gasteiger partial charge on any atom is 0.258 e. The molecule has 0 saturated heterocycles. The summed E-state index contributed by atoms with van der Waals surface area (Å²) in [6, 6.07) is -0.725. The number of carbonyl (C=O) groups is 2. The largest absolute Gasteiger partial charge is 0.348 e. The number of hydrogen-bond acceptors (Lipinski definition) is 5. The van der Waals surface area contributed by atoms with Crippen molar-refractivity contribution in [3.63, 3.8) is 0 Å². The molecule has 0 radical (unpaired) electrons. The normalized spacial score (nSPS) is 14.3.